The summed E-state index contributed by atoms with van der Waals surface area (Å²) in [5, 5.41) is 0. The Bertz CT molecular complexity index is 902. The zero-order valence-electron chi connectivity index (χ0n) is 15.5. The standard InChI is InChI=1S/C21H26N2O3S/c1-15(26-2)16-8-10-18(11-9-16)23-27(24,25)19-12-13-20(21(22)14-19)17-6-4-3-5-7-17/h3-7,12-14,16,18,23H,1,8-11,22H2,2H3/t16-,18-. The van der Waals surface area contributed by atoms with Crippen molar-refractivity contribution >= 4 is 15.7 Å². The van der Waals surface area contributed by atoms with Gasteiger partial charge in [0.2, 0.25) is 10.0 Å². The van der Waals surface area contributed by atoms with Crippen LogP contribution in [0.15, 0.2) is 65.8 Å². The molecule has 0 bridgehead atoms. The maximum atomic E-state index is 12.8. The molecule has 0 radical (unpaired) electrons. The van der Waals surface area contributed by atoms with Gasteiger partial charge in [-0.05, 0) is 43.4 Å². The van der Waals surface area contributed by atoms with Gasteiger partial charge in [-0.15, -0.1) is 0 Å². The molecule has 144 valence electrons. The van der Waals surface area contributed by atoms with E-state index < -0.39 is 10.0 Å². The first-order chi connectivity index (χ1) is 12.9. The van der Waals surface area contributed by atoms with Crippen LogP contribution in [-0.4, -0.2) is 21.6 Å². The first-order valence-corrected chi connectivity index (χ1v) is 10.6. The molecule has 27 heavy (non-hydrogen) atoms. The number of nitrogens with two attached hydrogens (primary N) is 1. The number of hydrogen-bond donors (Lipinski definition) is 2. The fourth-order valence-corrected chi connectivity index (χ4v) is 4.92. The largest absolute Gasteiger partial charge is 0.501 e. The maximum Gasteiger partial charge on any atom is 0.240 e. The Morgan fingerprint density at radius 3 is 2.37 bits per heavy atom. The number of allylic oxidation sites excluding steroid dienone is 1. The molecule has 0 unspecified atom stereocenters. The maximum absolute atomic E-state index is 12.8. The lowest BCUT2D eigenvalue weighted by molar-refractivity contribution is 0.206. The van der Waals surface area contributed by atoms with Gasteiger partial charge in [-0.1, -0.05) is 43.0 Å². The molecule has 1 aliphatic rings. The molecule has 1 saturated carbocycles. The molecule has 0 heterocycles. The molecule has 5 nitrogen and oxygen atoms in total. The second kappa shape index (κ2) is 8.15. The van der Waals surface area contributed by atoms with Crippen molar-refractivity contribution in [1.29, 1.82) is 0 Å². The van der Waals surface area contributed by atoms with Gasteiger partial charge < -0.3 is 10.5 Å². The van der Waals surface area contributed by atoms with Crippen molar-refractivity contribution in [3.05, 3.63) is 60.9 Å². The number of nitrogens with one attached hydrogen (secondary N) is 1. The fourth-order valence-electron chi connectivity index (χ4n) is 3.58. The average Bonchev–Trinajstić information content (AvgIpc) is 2.68. The highest BCUT2D eigenvalue weighted by Crippen LogP contribution is 2.31. The van der Waals surface area contributed by atoms with E-state index in [9.17, 15) is 8.42 Å². The molecule has 6 heteroatoms. The predicted octanol–water partition coefficient (Wildman–Crippen LogP) is 3.93. The van der Waals surface area contributed by atoms with E-state index in [0.717, 1.165) is 42.6 Å². The summed E-state index contributed by atoms with van der Waals surface area (Å²) in [7, 11) is -1.98. The number of methoxy groups -OCH3 is 1. The number of benzene rings is 2. The Balaban J connectivity index is 1.71. The van der Waals surface area contributed by atoms with Crippen molar-refractivity contribution in [3.63, 3.8) is 0 Å². The fraction of sp³-hybridized carbons (Fsp3) is 0.333. The van der Waals surface area contributed by atoms with Crippen LogP contribution in [0.5, 0.6) is 0 Å². The van der Waals surface area contributed by atoms with Crippen LogP contribution in [0.1, 0.15) is 25.7 Å². The number of nitrogen functional groups attached to an aromatic ring is 1. The first-order valence-electron chi connectivity index (χ1n) is 9.11. The summed E-state index contributed by atoms with van der Waals surface area (Å²) in [6.07, 6.45) is 3.28. The van der Waals surface area contributed by atoms with Crippen LogP contribution in [-0.2, 0) is 14.8 Å². The van der Waals surface area contributed by atoms with Gasteiger partial charge in [0, 0.05) is 23.2 Å². The van der Waals surface area contributed by atoms with E-state index in [1.54, 1.807) is 19.2 Å². The minimum Gasteiger partial charge on any atom is -0.501 e. The zero-order valence-corrected chi connectivity index (χ0v) is 16.3. The Labute approximate surface area is 161 Å². The highest BCUT2D eigenvalue weighted by molar-refractivity contribution is 7.89. The van der Waals surface area contributed by atoms with E-state index in [-0.39, 0.29) is 10.9 Å². The summed E-state index contributed by atoms with van der Waals surface area (Å²) in [4.78, 5) is 0.197. The minimum atomic E-state index is -3.61. The van der Waals surface area contributed by atoms with Crippen LogP contribution >= 0.6 is 0 Å². The molecule has 3 N–H and O–H groups in total. The smallest absolute Gasteiger partial charge is 0.240 e. The van der Waals surface area contributed by atoms with Gasteiger partial charge in [0.15, 0.2) is 0 Å². The number of rotatable bonds is 6. The number of ether oxygens (including phenoxy) is 1. The van der Waals surface area contributed by atoms with Crippen LogP contribution in [0.4, 0.5) is 5.69 Å². The van der Waals surface area contributed by atoms with E-state index in [4.69, 9.17) is 10.5 Å². The van der Waals surface area contributed by atoms with E-state index in [2.05, 4.69) is 11.3 Å². The van der Waals surface area contributed by atoms with E-state index >= 15 is 0 Å². The van der Waals surface area contributed by atoms with Crippen molar-refractivity contribution in [2.45, 2.75) is 36.6 Å². The second-order valence-electron chi connectivity index (χ2n) is 6.96. The minimum absolute atomic E-state index is 0.0778. The van der Waals surface area contributed by atoms with Crippen LogP contribution in [0.2, 0.25) is 0 Å². The molecule has 2 aromatic rings. The lowest BCUT2D eigenvalue weighted by Crippen LogP contribution is -2.37. The van der Waals surface area contributed by atoms with Gasteiger partial charge in [0.05, 0.1) is 17.8 Å². The van der Waals surface area contributed by atoms with Crippen LogP contribution in [0.3, 0.4) is 0 Å². The Hall–Kier alpha value is -2.31. The summed E-state index contributed by atoms with van der Waals surface area (Å²) in [5.74, 6) is 1.08. The van der Waals surface area contributed by atoms with Crippen molar-refractivity contribution in [3.8, 4) is 11.1 Å². The molecule has 2 aromatic carbocycles. The van der Waals surface area contributed by atoms with Gasteiger partial charge in [-0.3, -0.25) is 0 Å². The average molecular weight is 387 g/mol. The SMILES string of the molecule is C=C(OC)[C@H]1CC[C@H](NS(=O)(=O)c2ccc(-c3ccccc3)c(N)c2)CC1. The second-order valence-corrected chi connectivity index (χ2v) is 8.67. The molecular weight excluding hydrogens is 360 g/mol. The van der Waals surface area contributed by atoms with Crippen LogP contribution in [0.25, 0.3) is 11.1 Å². The molecule has 0 spiro atoms. The van der Waals surface area contributed by atoms with E-state index in [1.807, 2.05) is 30.3 Å². The Kier molecular flexibility index (Phi) is 5.87. The third kappa shape index (κ3) is 4.51. The number of anilines is 1. The lowest BCUT2D eigenvalue weighted by atomic mass is 9.85. The molecule has 0 amide bonds. The van der Waals surface area contributed by atoms with Gasteiger partial charge in [0.25, 0.3) is 0 Å². The van der Waals surface area contributed by atoms with Crippen LogP contribution < -0.4 is 10.5 Å². The molecule has 3 rings (SSSR count). The van der Waals surface area contributed by atoms with Crippen molar-refractivity contribution < 1.29 is 13.2 Å². The topological polar surface area (TPSA) is 81.4 Å². The predicted molar refractivity (Wildman–Crippen MR) is 109 cm³/mol. The third-order valence-electron chi connectivity index (χ3n) is 5.18. The molecule has 0 aliphatic heterocycles. The van der Waals surface area contributed by atoms with Gasteiger partial charge in [-0.25, -0.2) is 13.1 Å². The van der Waals surface area contributed by atoms with E-state index in [0.29, 0.717) is 11.6 Å². The lowest BCUT2D eigenvalue weighted by Gasteiger charge is -2.29. The van der Waals surface area contributed by atoms with Crippen molar-refractivity contribution in [2.24, 2.45) is 5.92 Å². The van der Waals surface area contributed by atoms with Crippen molar-refractivity contribution in [2.75, 3.05) is 12.8 Å². The Morgan fingerprint density at radius 2 is 1.78 bits per heavy atom. The monoisotopic (exact) mass is 386 g/mol. The molecule has 1 fully saturated rings. The third-order valence-corrected chi connectivity index (χ3v) is 6.70. The molecule has 0 aromatic heterocycles. The quantitative estimate of drug-likeness (QED) is 0.582. The van der Waals surface area contributed by atoms with Gasteiger partial charge >= 0.3 is 0 Å². The highest BCUT2D eigenvalue weighted by Gasteiger charge is 2.27. The van der Waals surface area contributed by atoms with Crippen LogP contribution in [0, 0.1) is 5.92 Å². The highest BCUT2D eigenvalue weighted by atomic mass is 32.2. The molecule has 0 saturated heterocycles. The summed E-state index contributed by atoms with van der Waals surface area (Å²) in [6.45, 7) is 3.91. The first kappa shape index (κ1) is 19.5. The van der Waals surface area contributed by atoms with Gasteiger partial charge in [0.1, 0.15) is 0 Å². The summed E-state index contributed by atoms with van der Waals surface area (Å²) in [5.41, 5.74) is 8.37. The van der Waals surface area contributed by atoms with Crippen molar-refractivity contribution in [1.82, 2.24) is 4.72 Å². The van der Waals surface area contributed by atoms with Gasteiger partial charge in [-0.2, -0.15) is 0 Å². The summed E-state index contributed by atoms with van der Waals surface area (Å²) >= 11 is 0. The zero-order chi connectivity index (χ0) is 19.4. The molecule has 0 atom stereocenters. The number of hydrogen-bond acceptors (Lipinski definition) is 4. The normalized spacial score (nSPS) is 20.2. The number of sulfonamides is 1. The summed E-state index contributed by atoms with van der Waals surface area (Å²) in [6, 6.07) is 14.5. The molecular formula is C21H26N2O3S. The molecule has 1 aliphatic carbocycles. The summed E-state index contributed by atoms with van der Waals surface area (Å²) < 4.78 is 33.6. The van der Waals surface area contributed by atoms with E-state index in [1.165, 1.54) is 6.07 Å². The Morgan fingerprint density at radius 1 is 1.11 bits per heavy atom.